The number of hydrogen-bond acceptors (Lipinski definition) is 3. The Hall–Kier alpha value is -1.35. The van der Waals surface area contributed by atoms with Gasteiger partial charge in [0.05, 0.1) is 6.54 Å². The minimum Gasteiger partial charge on any atom is -0.365 e. The van der Waals surface area contributed by atoms with E-state index in [0.717, 1.165) is 18.8 Å². The zero-order valence-electron chi connectivity index (χ0n) is 12.2. The molecule has 2 aromatic rings. The van der Waals surface area contributed by atoms with E-state index >= 15 is 0 Å². The van der Waals surface area contributed by atoms with E-state index in [-0.39, 0.29) is 5.41 Å². The van der Waals surface area contributed by atoms with Crippen LogP contribution in [0.3, 0.4) is 0 Å². The third-order valence-electron chi connectivity index (χ3n) is 3.28. The van der Waals surface area contributed by atoms with Gasteiger partial charge in [-0.05, 0) is 40.5 Å². The van der Waals surface area contributed by atoms with Gasteiger partial charge in [-0.1, -0.05) is 33.8 Å². The maximum Gasteiger partial charge on any atom is 0.126 e. The molecule has 0 fully saturated rings. The molecule has 2 heterocycles. The summed E-state index contributed by atoms with van der Waals surface area (Å²) in [6.07, 6.45) is 3.06. The lowest BCUT2D eigenvalue weighted by Crippen LogP contribution is -2.11. The van der Waals surface area contributed by atoms with Crippen molar-refractivity contribution < 1.29 is 0 Å². The summed E-state index contributed by atoms with van der Waals surface area (Å²) in [6.45, 7) is 9.67. The van der Waals surface area contributed by atoms with E-state index in [2.05, 4.69) is 61.6 Å². The number of nitrogens with zero attached hydrogens (tertiary/aromatic N) is 1. The van der Waals surface area contributed by atoms with Crippen LogP contribution in [0.15, 0.2) is 29.8 Å². The van der Waals surface area contributed by atoms with Crippen LogP contribution in [0.2, 0.25) is 0 Å². The first-order valence-corrected chi connectivity index (χ1v) is 7.64. The van der Waals surface area contributed by atoms with Crippen LogP contribution in [0.4, 0.5) is 5.82 Å². The Morgan fingerprint density at radius 3 is 2.58 bits per heavy atom. The Labute approximate surface area is 119 Å². The summed E-state index contributed by atoms with van der Waals surface area (Å²) in [7, 11) is 0. The Morgan fingerprint density at radius 1 is 1.21 bits per heavy atom. The summed E-state index contributed by atoms with van der Waals surface area (Å²) in [4.78, 5) is 5.90. The monoisotopic (exact) mass is 274 g/mol. The minimum atomic E-state index is 0.161. The lowest BCUT2D eigenvalue weighted by Gasteiger charge is -2.18. The van der Waals surface area contributed by atoms with E-state index in [9.17, 15) is 0 Å². The summed E-state index contributed by atoms with van der Waals surface area (Å²) in [5, 5.41) is 5.56. The van der Waals surface area contributed by atoms with E-state index < -0.39 is 0 Å². The lowest BCUT2D eigenvalue weighted by molar-refractivity contribution is 0.587. The molecule has 3 heteroatoms. The quantitative estimate of drug-likeness (QED) is 0.880. The highest BCUT2D eigenvalue weighted by atomic mass is 32.1. The first-order valence-electron chi connectivity index (χ1n) is 6.76. The van der Waals surface area contributed by atoms with Gasteiger partial charge in [0.15, 0.2) is 0 Å². The standard InChI is InChI=1S/C16H22N2S/c1-5-12-8-9-19-14(12)11-18-15-7-6-13(10-17-15)16(2,3)4/h6-10H,5,11H2,1-4H3,(H,17,18). The van der Waals surface area contributed by atoms with Crippen LogP contribution in [-0.2, 0) is 18.4 Å². The molecular formula is C16H22N2S. The Kier molecular flexibility index (Phi) is 4.25. The first kappa shape index (κ1) is 14.1. The number of aromatic nitrogens is 1. The highest BCUT2D eigenvalue weighted by Crippen LogP contribution is 2.23. The third kappa shape index (κ3) is 3.57. The van der Waals surface area contributed by atoms with Gasteiger partial charge in [-0.25, -0.2) is 4.98 Å². The van der Waals surface area contributed by atoms with Crippen molar-refractivity contribution in [1.82, 2.24) is 4.98 Å². The fourth-order valence-corrected chi connectivity index (χ4v) is 2.87. The molecule has 0 radical (unpaired) electrons. The minimum absolute atomic E-state index is 0.161. The van der Waals surface area contributed by atoms with Crippen LogP contribution in [-0.4, -0.2) is 4.98 Å². The van der Waals surface area contributed by atoms with Crippen molar-refractivity contribution in [2.75, 3.05) is 5.32 Å². The number of pyridine rings is 1. The van der Waals surface area contributed by atoms with Crippen LogP contribution < -0.4 is 5.32 Å². The number of rotatable bonds is 4. The van der Waals surface area contributed by atoms with Gasteiger partial charge in [0, 0.05) is 11.1 Å². The molecule has 0 atom stereocenters. The molecule has 1 N–H and O–H groups in total. The van der Waals surface area contributed by atoms with E-state index in [0.29, 0.717) is 0 Å². The van der Waals surface area contributed by atoms with Gasteiger partial charge >= 0.3 is 0 Å². The number of nitrogens with one attached hydrogen (secondary N) is 1. The molecule has 0 aromatic carbocycles. The number of thiophene rings is 1. The second kappa shape index (κ2) is 5.74. The predicted molar refractivity (Wildman–Crippen MR) is 84.0 cm³/mol. The van der Waals surface area contributed by atoms with E-state index in [4.69, 9.17) is 0 Å². The van der Waals surface area contributed by atoms with Crippen LogP contribution in [0.25, 0.3) is 0 Å². The van der Waals surface area contributed by atoms with E-state index in [1.54, 1.807) is 0 Å². The van der Waals surface area contributed by atoms with Crippen LogP contribution in [0, 0.1) is 0 Å². The molecule has 19 heavy (non-hydrogen) atoms. The molecule has 2 aromatic heterocycles. The smallest absolute Gasteiger partial charge is 0.126 e. The van der Waals surface area contributed by atoms with Crippen molar-refractivity contribution in [3.8, 4) is 0 Å². The molecule has 0 aliphatic heterocycles. The number of hydrogen-bond donors (Lipinski definition) is 1. The molecule has 0 saturated heterocycles. The van der Waals surface area contributed by atoms with Crippen molar-refractivity contribution in [2.24, 2.45) is 0 Å². The highest BCUT2D eigenvalue weighted by Gasteiger charge is 2.13. The topological polar surface area (TPSA) is 24.9 Å². The number of aryl methyl sites for hydroxylation is 1. The Morgan fingerprint density at radius 2 is 2.00 bits per heavy atom. The SMILES string of the molecule is CCc1ccsc1CNc1ccc(C(C)(C)C)cn1. The van der Waals surface area contributed by atoms with Gasteiger partial charge in [-0.3, -0.25) is 0 Å². The van der Waals surface area contributed by atoms with Gasteiger partial charge in [-0.2, -0.15) is 0 Å². The summed E-state index contributed by atoms with van der Waals surface area (Å²) < 4.78 is 0. The van der Waals surface area contributed by atoms with Gasteiger partial charge < -0.3 is 5.32 Å². The fraction of sp³-hybridized carbons (Fsp3) is 0.438. The van der Waals surface area contributed by atoms with Gasteiger partial charge in [0.1, 0.15) is 5.82 Å². The fourth-order valence-electron chi connectivity index (χ4n) is 1.95. The molecule has 102 valence electrons. The molecule has 0 aliphatic carbocycles. The second-order valence-corrected chi connectivity index (χ2v) is 6.76. The molecule has 2 rings (SSSR count). The van der Waals surface area contributed by atoms with Crippen LogP contribution in [0.5, 0.6) is 0 Å². The highest BCUT2D eigenvalue weighted by molar-refractivity contribution is 7.10. The average Bonchev–Trinajstić information content (AvgIpc) is 2.83. The zero-order valence-corrected chi connectivity index (χ0v) is 13.0. The van der Waals surface area contributed by atoms with Gasteiger partial charge in [0.2, 0.25) is 0 Å². The lowest BCUT2D eigenvalue weighted by atomic mass is 9.88. The first-order chi connectivity index (χ1) is 9.00. The predicted octanol–water partition coefficient (Wildman–Crippen LogP) is 4.62. The van der Waals surface area contributed by atoms with Gasteiger partial charge in [0.25, 0.3) is 0 Å². The largest absolute Gasteiger partial charge is 0.365 e. The second-order valence-electron chi connectivity index (χ2n) is 5.76. The van der Waals surface area contributed by atoms with Crippen molar-refractivity contribution in [3.05, 3.63) is 45.8 Å². The Bertz CT molecular complexity index is 520. The van der Waals surface area contributed by atoms with Crippen LogP contribution in [0.1, 0.15) is 43.7 Å². The van der Waals surface area contributed by atoms with Crippen molar-refractivity contribution in [2.45, 2.75) is 46.1 Å². The molecule has 0 saturated carbocycles. The number of anilines is 1. The van der Waals surface area contributed by atoms with Crippen molar-refractivity contribution >= 4 is 17.2 Å². The molecule has 2 nitrogen and oxygen atoms in total. The van der Waals surface area contributed by atoms with E-state index in [1.165, 1.54) is 16.0 Å². The normalized spacial score (nSPS) is 11.6. The maximum atomic E-state index is 4.49. The molecule has 0 unspecified atom stereocenters. The summed E-state index contributed by atoms with van der Waals surface area (Å²) >= 11 is 1.81. The molecule has 0 amide bonds. The summed E-state index contributed by atoms with van der Waals surface area (Å²) in [5.41, 5.74) is 2.86. The average molecular weight is 274 g/mol. The zero-order chi connectivity index (χ0) is 13.9. The van der Waals surface area contributed by atoms with Crippen molar-refractivity contribution in [3.63, 3.8) is 0 Å². The maximum absolute atomic E-state index is 4.49. The molecule has 0 aliphatic rings. The van der Waals surface area contributed by atoms with Gasteiger partial charge in [-0.15, -0.1) is 11.3 Å². The van der Waals surface area contributed by atoms with Crippen molar-refractivity contribution in [1.29, 1.82) is 0 Å². The summed E-state index contributed by atoms with van der Waals surface area (Å²) in [5.74, 6) is 0.948. The molecular weight excluding hydrogens is 252 g/mol. The molecule has 0 spiro atoms. The molecule has 0 bridgehead atoms. The summed E-state index contributed by atoms with van der Waals surface area (Å²) in [6, 6.07) is 6.43. The van der Waals surface area contributed by atoms with E-state index in [1.807, 2.05) is 17.5 Å². The third-order valence-corrected chi connectivity index (χ3v) is 4.24. The van der Waals surface area contributed by atoms with Crippen LogP contribution >= 0.6 is 11.3 Å². The Balaban J connectivity index is 2.01.